The van der Waals surface area contributed by atoms with Gasteiger partial charge >= 0.3 is 5.97 Å². The molecule has 0 heterocycles. The van der Waals surface area contributed by atoms with E-state index in [2.05, 4.69) is 0 Å². The number of rotatable bonds is 3. The summed E-state index contributed by atoms with van der Waals surface area (Å²) in [5.74, 6) is -2.07. The van der Waals surface area contributed by atoms with Gasteiger partial charge in [0.15, 0.2) is 0 Å². The molecule has 0 saturated carbocycles. The maximum atomic E-state index is 11.1. The summed E-state index contributed by atoms with van der Waals surface area (Å²) in [5, 5.41) is 28.3. The Morgan fingerprint density at radius 1 is 1.19 bits per heavy atom. The predicted molar refractivity (Wildman–Crippen MR) is 59.7 cm³/mol. The van der Waals surface area contributed by atoms with Crippen molar-refractivity contribution in [2.24, 2.45) is 5.92 Å². The Kier molecular flexibility index (Phi) is 3.42. The first kappa shape index (κ1) is 12.4. The molecule has 16 heavy (non-hydrogen) atoms. The molecule has 1 unspecified atom stereocenters. The molecule has 0 fully saturated rings. The fourth-order valence-corrected chi connectivity index (χ4v) is 1.72. The average Bonchev–Trinajstić information content (AvgIpc) is 2.12. The molecule has 3 N–H and O–H groups in total. The first-order chi connectivity index (χ1) is 7.34. The monoisotopic (exact) mass is 224 g/mol. The van der Waals surface area contributed by atoms with Crippen LogP contribution in [0.5, 0.6) is 11.5 Å². The van der Waals surface area contributed by atoms with Crippen LogP contribution in [0.15, 0.2) is 12.1 Å². The van der Waals surface area contributed by atoms with E-state index in [1.54, 1.807) is 20.8 Å². The number of phenols is 2. The summed E-state index contributed by atoms with van der Waals surface area (Å²) in [6.07, 6.45) is 0. The van der Waals surface area contributed by atoms with Crippen molar-refractivity contribution in [2.45, 2.75) is 26.7 Å². The van der Waals surface area contributed by atoms with Gasteiger partial charge in [0.2, 0.25) is 0 Å². The molecule has 0 aliphatic rings. The lowest BCUT2D eigenvalue weighted by Gasteiger charge is -2.18. The molecule has 0 spiro atoms. The number of carboxylic acid groups (broad SMARTS) is 1. The largest absolute Gasteiger partial charge is 0.508 e. The van der Waals surface area contributed by atoms with E-state index in [9.17, 15) is 15.0 Å². The zero-order valence-corrected chi connectivity index (χ0v) is 9.56. The summed E-state index contributed by atoms with van der Waals surface area (Å²) in [6.45, 7) is 5.16. The van der Waals surface area contributed by atoms with Crippen LogP contribution in [0.3, 0.4) is 0 Å². The van der Waals surface area contributed by atoms with Crippen molar-refractivity contribution in [3.05, 3.63) is 23.3 Å². The van der Waals surface area contributed by atoms with Crippen molar-refractivity contribution >= 4 is 5.97 Å². The van der Waals surface area contributed by atoms with E-state index in [0.29, 0.717) is 5.56 Å². The number of carbonyl (C=O) groups is 1. The molecule has 0 amide bonds. The molecule has 0 aromatic heterocycles. The number of hydrogen-bond acceptors (Lipinski definition) is 3. The van der Waals surface area contributed by atoms with Crippen LogP contribution >= 0.6 is 0 Å². The van der Waals surface area contributed by atoms with Crippen LogP contribution in [-0.4, -0.2) is 21.3 Å². The van der Waals surface area contributed by atoms with Crippen molar-refractivity contribution < 1.29 is 20.1 Å². The van der Waals surface area contributed by atoms with Crippen molar-refractivity contribution in [1.82, 2.24) is 0 Å². The molecule has 1 atom stereocenters. The predicted octanol–water partition coefficient (Wildman–Crippen LogP) is 2.23. The number of aryl methyl sites for hydroxylation is 1. The molecule has 1 aromatic rings. The zero-order valence-electron chi connectivity index (χ0n) is 9.56. The molecular weight excluding hydrogens is 208 g/mol. The molecule has 88 valence electrons. The van der Waals surface area contributed by atoms with Crippen molar-refractivity contribution in [2.75, 3.05) is 0 Å². The van der Waals surface area contributed by atoms with E-state index in [4.69, 9.17) is 5.11 Å². The third kappa shape index (κ3) is 2.27. The highest BCUT2D eigenvalue weighted by atomic mass is 16.4. The number of aromatic hydroxyl groups is 2. The van der Waals surface area contributed by atoms with Crippen LogP contribution in [0.2, 0.25) is 0 Å². The van der Waals surface area contributed by atoms with E-state index in [0.717, 1.165) is 0 Å². The quantitative estimate of drug-likeness (QED) is 0.688. The Bertz CT molecular complexity index is 410. The number of aliphatic carboxylic acids is 1. The van der Waals surface area contributed by atoms with Gasteiger partial charge in [-0.25, -0.2) is 0 Å². The number of benzene rings is 1. The van der Waals surface area contributed by atoms with Crippen molar-refractivity contribution in [3.8, 4) is 11.5 Å². The third-order valence-electron chi connectivity index (χ3n) is 2.61. The van der Waals surface area contributed by atoms with Gasteiger partial charge in [0, 0.05) is 5.56 Å². The van der Waals surface area contributed by atoms with Gasteiger partial charge in [0.25, 0.3) is 0 Å². The first-order valence-electron chi connectivity index (χ1n) is 5.10. The van der Waals surface area contributed by atoms with Crippen LogP contribution < -0.4 is 0 Å². The smallest absolute Gasteiger partial charge is 0.311 e. The maximum absolute atomic E-state index is 11.1. The highest BCUT2D eigenvalue weighted by Gasteiger charge is 2.27. The Morgan fingerprint density at radius 3 is 2.19 bits per heavy atom. The number of carboxylic acids is 1. The SMILES string of the molecule is Cc1cc(O)c(C(C(=O)O)C(C)C)cc1O. The summed E-state index contributed by atoms with van der Waals surface area (Å²) in [4.78, 5) is 11.1. The molecule has 0 aliphatic carbocycles. The minimum Gasteiger partial charge on any atom is -0.508 e. The van der Waals surface area contributed by atoms with Gasteiger partial charge in [0.05, 0.1) is 5.92 Å². The van der Waals surface area contributed by atoms with Gasteiger partial charge < -0.3 is 15.3 Å². The Balaban J connectivity index is 3.30. The Labute approximate surface area is 94.2 Å². The summed E-state index contributed by atoms with van der Waals surface area (Å²) in [7, 11) is 0. The van der Waals surface area contributed by atoms with Gasteiger partial charge in [0.1, 0.15) is 11.5 Å². The molecule has 0 bridgehead atoms. The van der Waals surface area contributed by atoms with E-state index >= 15 is 0 Å². The Hall–Kier alpha value is -1.71. The van der Waals surface area contributed by atoms with E-state index in [-0.39, 0.29) is 23.0 Å². The first-order valence-corrected chi connectivity index (χ1v) is 5.10. The number of hydrogen-bond donors (Lipinski definition) is 3. The minimum atomic E-state index is -1.01. The fourth-order valence-electron chi connectivity index (χ4n) is 1.72. The second kappa shape index (κ2) is 4.43. The van der Waals surface area contributed by atoms with Gasteiger partial charge in [-0.2, -0.15) is 0 Å². The van der Waals surface area contributed by atoms with Gasteiger partial charge in [-0.15, -0.1) is 0 Å². The van der Waals surface area contributed by atoms with Crippen LogP contribution in [0.25, 0.3) is 0 Å². The van der Waals surface area contributed by atoms with Crippen molar-refractivity contribution in [1.29, 1.82) is 0 Å². The zero-order chi connectivity index (χ0) is 12.5. The summed E-state index contributed by atoms with van der Waals surface area (Å²) in [6, 6.07) is 2.70. The fraction of sp³-hybridized carbons (Fsp3) is 0.417. The van der Waals surface area contributed by atoms with Crippen LogP contribution in [0, 0.1) is 12.8 Å². The molecule has 0 radical (unpaired) electrons. The summed E-state index contributed by atoms with van der Waals surface area (Å²) in [5.41, 5.74) is 0.778. The summed E-state index contributed by atoms with van der Waals surface area (Å²) < 4.78 is 0. The van der Waals surface area contributed by atoms with Crippen LogP contribution in [0.4, 0.5) is 0 Å². The molecule has 4 nitrogen and oxygen atoms in total. The highest BCUT2D eigenvalue weighted by molar-refractivity contribution is 5.78. The molecule has 0 saturated heterocycles. The second-order valence-corrected chi connectivity index (χ2v) is 4.26. The third-order valence-corrected chi connectivity index (χ3v) is 2.61. The van der Waals surface area contributed by atoms with E-state index < -0.39 is 11.9 Å². The molecular formula is C12H16O4. The summed E-state index contributed by atoms with van der Waals surface area (Å²) >= 11 is 0. The highest BCUT2D eigenvalue weighted by Crippen LogP contribution is 2.35. The van der Waals surface area contributed by atoms with E-state index in [1.165, 1.54) is 12.1 Å². The number of phenolic OH excluding ortho intramolecular Hbond substituents is 2. The lowest BCUT2D eigenvalue weighted by molar-refractivity contribution is -0.139. The lowest BCUT2D eigenvalue weighted by Crippen LogP contribution is -2.17. The Morgan fingerprint density at radius 2 is 1.75 bits per heavy atom. The van der Waals surface area contributed by atoms with Crippen LogP contribution in [0.1, 0.15) is 30.9 Å². The van der Waals surface area contributed by atoms with Crippen molar-refractivity contribution in [3.63, 3.8) is 0 Å². The van der Waals surface area contributed by atoms with E-state index in [1.807, 2.05) is 0 Å². The average molecular weight is 224 g/mol. The lowest BCUT2D eigenvalue weighted by atomic mass is 9.87. The van der Waals surface area contributed by atoms with Crippen LogP contribution in [-0.2, 0) is 4.79 Å². The van der Waals surface area contributed by atoms with Gasteiger partial charge in [-0.1, -0.05) is 13.8 Å². The second-order valence-electron chi connectivity index (χ2n) is 4.26. The molecule has 4 heteroatoms. The standard InChI is InChI=1S/C12H16O4/c1-6(2)11(12(15)16)8-5-9(13)7(3)4-10(8)14/h4-6,11,13-14H,1-3H3,(H,15,16). The topological polar surface area (TPSA) is 77.8 Å². The molecule has 0 aliphatic heterocycles. The molecule has 1 aromatic carbocycles. The van der Waals surface area contributed by atoms with Gasteiger partial charge in [-0.05, 0) is 30.5 Å². The normalized spacial score (nSPS) is 12.8. The molecule has 1 rings (SSSR count). The van der Waals surface area contributed by atoms with Gasteiger partial charge in [-0.3, -0.25) is 4.79 Å². The minimum absolute atomic E-state index is 0.000278. The maximum Gasteiger partial charge on any atom is 0.311 e.